The molecule has 9 nitrogen and oxygen atoms in total. The van der Waals surface area contributed by atoms with Gasteiger partial charge in [-0.25, -0.2) is 17.9 Å². The predicted molar refractivity (Wildman–Crippen MR) is 176 cm³/mol. The molecule has 1 aliphatic heterocycles. The van der Waals surface area contributed by atoms with E-state index in [1.807, 2.05) is 13.8 Å². The minimum atomic E-state index is -4.10. The number of benzene rings is 1. The lowest BCUT2D eigenvalue weighted by molar-refractivity contribution is -0.213. The van der Waals surface area contributed by atoms with E-state index in [0.29, 0.717) is 30.4 Å². The van der Waals surface area contributed by atoms with Crippen LogP contribution in [-0.2, 0) is 21.2 Å². The molecule has 46 heavy (non-hydrogen) atoms. The van der Waals surface area contributed by atoms with E-state index in [4.69, 9.17) is 15.2 Å². The zero-order chi connectivity index (χ0) is 33.4. The van der Waals surface area contributed by atoms with Gasteiger partial charge < -0.3 is 25.4 Å². The summed E-state index contributed by atoms with van der Waals surface area (Å²) in [6.07, 6.45) is 6.58. The number of hydrogen-bond donors (Lipinski definition) is 4. The van der Waals surface area contributed by atoms with Crippen LogP contribution in [0, 0.1) is 46.3 Å². The summed E-state index contributed by atoms with van der Waals surface area (Å²) in [4.78, 5) is 12.8. The van der Waals surface area contributed by atoms with Crippen LogP contribution in [0.2, 0.25) is 0 Å². The molecule has 1 aromatic rings. The molecule has 10 heteroatoms. The quantitative estimate of drug-likeness (QED) is 0.311. The monoisotopic (exact) mass is 660 g/mol. The van der Waals surface area contributed by atoms with Crippen LogP contribution in [0.5, 0.6) is 5.75 Å². The third kappa shape index (κ3) is 5.37. The van der Waals surface area contributed by atoms with Gasteiger partial charge in [0.05, 0.1) is 23.7 Å². The number of carbonyl (C=O) groups excluding carboxylic acids is 1. The molecular formula is C36H56N2O7S. The maximum Gasteiger partial charge on any atom is 0.421 e. The summed E-state index contributed by atoms with van der Waals surface area (Å²) in [5.41, 5.74) is 7.03. The molecule has 258 valence electrons. The molecule has 0 spiro atoms. The average Bonchev–Trinajstić information content (AvgIpc) is 3.33. The van der Waals surface area contributed by atoms with Crippen LogP contribution in [-0.4, -0.2) is 54.7 Å². The number of nitrogens with one attached hydrogen (secondary N) is 1. The minimum absolute atomic E-state index is 0.0153. The first-order valence-electron chi connectivity index (χ1n) is 17.6. The van der Waals surface area contributed by atoms with E-state index < -0.39 is 33.9 Å². The third-order valence-corrected chi connectivity index (χ3v) is 15.2. The van der Waals surface area contributed by atoms with E-state index in [1.165, 1.54) is 6.07 Å². The highest BCUT2D eigenvalue weighted by atomic mass is 32.2. The first-order valence-corrected chi connectivity index (χ1v) is 19.1. The number of aliphatic hydroxyl groups excluding tert-OH is 2. The van der Waals surface area contributed by atoms with Crippen molar-refractivity contribution in [2.45, 2.75) is 134 Å². The molecule has 5 aliphatic rings. The highest BCUT2D eigenvalue weighted by Gasteiger charge is 2.69. The molecule has 5 N–H and O–H groups in total. The third-order valence-electron chi connectivity index (χ3n) is 13.9. The van der Waals surface area contributed by atoms with Crippen LogP contribution >= 0.6 is 0 Å². The largest absolute Gasteiger partial charge is 0.488 e. The zero-order valence-corrected chi connectivity index (χ0v) is 29.4. The lowest BCUT2D eigenvalue weighted by Crippen LogP contribution is -2.74. The SMILES string of the molecule is CC[C@H]1[C@@H](O)[C@H]2[C@@H]3CCC([C@H](C)COC(=O)NS(=O)(=O)c4ccc5c(c4)CCC(C)(C)O5)C3(C)CC[C@@H]2C2(C)CC[C@@H](O)CC12N. The van der Waals surface area contributed by atoms with Gasteiger partial charge in [-0.05, 0) is 142 Å². The first kappa shape index (κ1) is 34.0. The van der Waals surface area contributed by atoms with Crippen molar-refractivity contribution in [3.8, 4) is 5.75 Å². The van der Waals surface area contributed by atoms with E-state index in [9.17, 15) is 23.4 Å². The summed E-state index contributed by atoms with van der Waals surface area (Å²) >= 11 is 0. The van der Waals surface area contributed by atoms with Gasteiger partial charge >= 0.3 is 6.09 Å². The standard InChI is InChI=1S/C36H56N2O7S/c1-7-25-31(40)30-27-10-9-26(34(27,5)16-14-28(30)35(6)17-13-23(39)19-36(25,35)37)21(2)20-44-32(41)38-46(42,43)24-8-11-29-22(18-24)12-15-33(3,4)45-29/h8,11,18,21,23,25-28,30-31,39-40H,7,9-10,12-17,19-20,37H2,1-6H3,(H,38,41)/t21-,23-,25+,26?,27+,28+,30+,31-,34?,35?,36?/m1/s1. The summed E-state index contributed by atoms with van der Waals surface area (Å²) < 4.78 is 39.8. The second kappa shape index (κ2) is 11.6. The molecular weight excluding hydrogens is 604 g/mol. The van der Waals surface area contributed by atoms with Crippen molar-refractivity contribution in [3.63, 3.8) is 0 Å². The van der Waals surface area contributed by atoms with Gasteiger partial charge in [0, 0.05) is 11.5 Å². The Balaban J connectivity index is 1.11. The number of rotatable bonds is 6. The summed E-state index contributed by atoms with van der Waals surface area (Å²) in [5, 5.41) is 22.7. The Labute approximate surface area is 275 Å². The van der Waals surface area contributed by atoms with E-state index in [-0.39, 0.29) is 51.6 Å². The van der Waals surface area contributed by atoms with Crippen molar-refractivity contribution >= 4 is 16.1 Å². The van der Waals surface area contributed by atoms with Gasteiger partial charge in [0.25, 0.3) is 10.0 Å². The number of nitrogens with two attached hydrogens (primary N) is 1. The van der Waals surface area contributed by atoms with E-state index >= 15 is 0 Å². The van der Waals surface area contributed by atoms with Crippen LogP contribution in [0.3, 0.4) is 0 Å². The van der Waals surface area contributed by atoms with Crippen molar-refractivity contribution in [2.75, 3.05) is 6.61 Å². The number of sulfonamides is 1. The topological polar surface area (TPSA) is 148 Å². The average molecular weight is 661 g/mol. The number of aliphatic hydroxyl groups is 2. The van der Waals surface area contributed by atoms with E-state index in [2.05, 4.69) is 32.4 Å². The number of fused-ring (bicyclic) bond motifs is 6. The van der Waals surface area contributed by atoms with Crippen LogP contribution in [0.25, 0.3) is 0 Å². The van der Waals surface area contributed by atoms with Gasteiger partial charge in [0.15, 0.2) is 0 Å². The van der Waals surface area contributed by atoms with Crippen molar-refractivity contribution in [3.05, 3.63) is 23.8 Å². The Kier molecular flexibility index (Phi) is 8.59. The summed E-state index contributed by atoms with van der Waals surface area (Å²) in [7, 11) is -4.10. The summed E-state index contributed by atoms with van der Waals surface area (Å²) in [6, 6.07) is 4.69. The van der Waals surface area contributed by atoms with Crippen molar-refractivity contribution < 1.29 is 32.9 Å². The second-order valence-corrected chi connectivity index (χ2v) is 18.4. The molecule has 4 fully saturated rings. The van der Waals surface area contributed by atoms with Crippen LogP contribution in [0.1, 0.15) is 105 Å². The Bertz CT molecular complexity index is 1450. The van der Waals surface area contributed by atoms with Crippen LogP contribution in [0.15, 0.2) is 23.1 Å². The van der Waals surface area contributed by atoms with Crippen molar-refractivity contribution in [2.24, 2.45) is 52.1 Å². The molecule has 0 saturated heterocycles. The molecule has 0 bridgehead atoms. The Morgan fingerprint density at radius 3 is 2.54 bits per heavy atom. The fraction of sp³-hybridized carbons (Fsp3) is 0.806. The molecule has 1 aromatic carbocycles. The second-order valence-electron chi connectivity index (χ2n) is 16.7. The van der Waals surface area contributed by atoms with Crippen LogP contribution in [0.4, 0.5) is 4.79 Å². The Hall–Kier alpha value is -1.88. The fourth-order valence-corrected chi connectivity index (χ4v) is 12.4. The number of ether oxygens (including phenoxy) is 2. The van der Waals surface area contributed by atoms with Crippen molar-refractivity contribution in [1.82, 2.24) is 4.72 Å². The lowest BCUT2D eigenvalue weighted by Gasteiger charge is -2.68. The molecule has 6 rings (SSSR count). The summed E-state index contributed by atoms with van der Waals surface area (Å²) in [5.74, 6) is 1.72. The summed E-state index contributed by atoms with van der Waals surface area (Å²) in [6.45, 7) is 13.0. The smallest absolute Gasteiger partial charge is 0.421 e. The first-order chi connectivity index (χ1) is 21.5. The molecule has 1 amide bonds. The van der Waals surface area contributed by atoms with E-state index in [1.54, 1.807) is 12.1 Å². The lowest BCUT2D eigenvalue weighted by atomic mass is 9.39. The van der Waals surface area contributed by atoms with Gasteiger partial charge in [-0.2, -0.15) is 0 Å². The van der Waals surface area contributed by atoms with Gasteiger partial charge in [-0.1, -0.05) is 27.7 Å². The van der Waals surface area contributed by atoms with Gasteiger partial charge in [0.1, 0.15) is 11.4 Å². The molecule has 4 aliphatic carbocycles. The number of amides is 1. The highest BCUT2D eigenvalue weighted by molar-refractivity contribution is 7.90. The fourth-order valence-electron chi connectivity index (χ4n) is 11.4. The Morgan fingerprint density at radius 2 is 1.83 bits per heavy atom. The molecule has 4 saturated carbocycles. The maximum absolute atomic E-state index is 13.1. The molecule has 1 heterocycles. The molecule has 0 aromatic heterocycles. The highest BCUT2D eigenvalue weighted by Crippen LogP contribution is 2.70. The normalized spacial score (nSPS) is 42.0. The number of aryl methyl sites for hydroxylation is 1. The zero-order valence-electron chi connectivity index (χ0n) is 28.6. The predicted octanol–water partition coefficient (Wildman–Crippen LogP) is 5.55. The molecule has 11 atom stereocenters. The van der Waals surface area contributed by atoms with Crippen molar-refractivity contribution in [1.29, 1.82) is 0 Å². The number of carbonyl (C=O) groups is 1. The van der Waals surface area contributed by atoms with Crippen LogP contribution < -0.4 is 15.2 Å². The van der Waals surface area contributed by atoms with Gasteiger partial charge in [0.2, 0.25) is 0 Å². The van der Waals surface area contributed by atoms with Gasteiger partial charge in [-0.3, -0.25) is 0 Å². The molecule has 4 unspecified atom stereocenters. The maximum atomic E-state index is 13.1. The van der Waals surface area contributed by atoms with Gasteiger partial charge in [-0.15, -0.1) is 0 Å². The van der Waals surface area contributed by atoms with E-state index in [0.717, 1.165) is 56.9 Å². The number of hydrogen-bond acceptors (Lipinski definition) is 8. The Morgan fingerprint density at radius 1 is 1.09 bits per heavy atom. The minimum Gasteiger partial charge on any atom is -0.488 e. The molecule has 0 radical (unpaired) electrons.